The minimum absolute atomic E-state index is 0. The van der Waals surface area contributed by atoms with E-state index in [1.54, 1.807) is 0 Å². The van der Waals surface area contributed by atoms with E-state index in [0.717, 1.165) is 6.07 Å². The van der Waals surface area contributed by atoms with Crippen molar-refractivity contribution in [3.05, 3.63) is 35.9 Å². The van der Waals surface area contributed by atoms with Gasteiger partial charge in [-0.05, 0) is 18.6 Å². The van der Waals surface area contributed by atoms with Gasteiger partial charge in [0.15, 0.2) is 5.75 Å². The van der Waals surface area contributed by atoms with Crippen LogP contribution in [0.3, 0.4) is 0 Å². The molecule has 0 N–H and O–H groups in total. The second-order valence-corrected chi connectivity index (χ2v) is 6.02. The molecule has 0 fully saturated rings. The Morgan fingerprint density at radius 3 is 1.91 bits per heavy atom. The van der Waals surface area contributed by atoms with Crippen LogP contribution in [0.1, 0.15) is 5.56 Å². The summed E-state index contributed by atoms with van der Waals surface area (Å²) in [7, 11) is -10.0. The Labute approximate surface area is 169 Å². The van der Waals surface area contributed by atoms with Crippen molar-refractivity contribution in [3.8, 4) is 11.5 Å². The number of fused-ring (bicyclic) bond motifs is 1. The molecule has 0 atom stereocenters. The molecule has 0 unspecified atom stereocenters. The molecule has 114 valence electrons. The van der Waals surface area contributed by atoms with E-state index in [1.807, 2.05) is 0 Å². The summed E-state index contributed by atoms with van der Waals surface area (Å²) in [4.78, 5) is 0. The standard InChI is InChI=1S/C11H10O8S2.K/c1-7-6-10(18-20(12,13)14)8-4-2-3-5-9(8)11(7)19-21(15,16)17;/h2-6H,1H3,(H,12,13,14)(H,15,16,17);/q;+1/p-2. The van der Waals surface area contributed by atoms with Crippen LogP contribution in [0, 0.1) is 6.92 Å². The van der Waals surface area contributed by atoms with Crippen LogP contribution in [0.2, 0.25) is 0 Å². The molecule has 0 spiro atoms. The molecule has 11 heteroatoms. The van der Waals surface area contributed by atoms with Crippen molar-refractivity contribution in [2.45, 2.75) is 6.92 Å². The van der Waals surface area contributed by atoms with Crippen LogP contribution in [0.4, 0.5) is 0 Å². The quantitative estimate of drug-likeness (QED) is 0.337. The van der Waals surface area contributed by atoms with Gasteiger partial charge in [-0.15, -0.1) is 0 Å². The zero-order chi connectivity index (χ0) is 15.8. The maximum absolute atomic E-state index is 10.8. The topological polar surface area (TPSA) is 133 Å². The smallest absolute Gasteiger partial charge is 0.716 e. The molecule has 0 saturated heterocycles. The van der Waals surface area contributed by atoms with Gasteiger partial charge in [0.05, 0.1) is 0 Å². The minimum Gasteiger partial charge on any atom is -0.716 e. The maximum atomic E-state index is 10.8. The molecular formula is C11H8KO8S2-. The summed E-state index contributed by atoms with van der Waals surface area (Å²) in [6, 6.07) is 6.91. The number of rotatable bonds is 4. The first-order valence-corrected chi connectivity index (χ1v) is 8.06. The summed E-state index contributed by atoms with van der Waals surface area (Å²) in [6.45, 7) is 1.37. The number of aryl methyl sites for hydroxylation is 1. The van der Waals surface area contributed by atoms with E-state index in [9.17, 15) is 25.9 Å². The molecule has 0 radical (unpaired) electrons. The fraction of sp³-hybridized carbons (Fsp3) is 0.0909. The molecule has 0 bridgehead atoms. The normalized spacial score (nSPS) is 11.8. The van der Waals surface area contributed by atoms with Gasteiger partial charge < -0.3 is 17.5 Å². The average molecular weight is 371 g/mol. The van der Waals surface area contributed by atoms with Crippen LogP contribution < -0.4 is 59.8 Å². The number of hydrogen-bond donors (Lipinski definition) is 0. The Kier molecular flexibility index (Phi) is 6.40. The van der Waals surface area contributed by atoms with Crippen LogP contribution in [0.5, 0.6) is 11.5 Å². The summed E-state index contributed by atoms with van der Waals surface area (Å²) in [5.74, 6) is -0.537. The summed E-state index contributed by atoms with van der Waals surface area (Å²) in [5, 5.41) is 0.233. The van der Waals surface area contributed by atoms with Crippen molar-refractivity contribution < 1.29 is 85.7 Å². The van der Waals surface area contributed by atoms with E-state index in [1.165, 1.54) is 31.2 Å². The first-order valence-electron chi connectivity index (χ1n) is 5.40. The first kappa shape index (κ1) is 19.8. The van der Waals surface area contributed by atoms with E-state index in [2.05, 4.69) is 8.37 Å². The summed E-state index contributed by atoms with van der Waals surface area (Å²) in [5.41, 5.74) is 0.117. The Balaban J connectivity index is 0.00000242. The van der Waals surface area contributed by atoms with Crippen molar-refractivity contribution in [1.82, 2.24) is 0 Å². The third-order valence-electron chi connectivity index (χ3n) is 2.52. The first-order chi connectivity index (χ1) is 9.57. The van der Waals surface area contributed by atoms with E-state index in [-0.39, 0.29) is 79.2 Å². The molecule has 0 saturated carbocycles. The van der Waals surface area contributed by atoms with Crippen LogP contribution >= 0.6 is 0 Å². The molecular weight excluding hydrogens is 363 g/mol. The number of hydrogen-bond acceptors (Lipinski definition) is 8. The fourth-order valence-corrected chi connectivity index (χ4v) is 2.62. The Bertz CT molecular complexity index is 905. The molecule has 22 heavy (non-hydrogen) atoms. The summed E-state index contributed by atoms with van der Waals surface area (Å²) < 4.78 is 73.1. The van der Waals surface area contributed by atoms with Crippen LogP contribution in [-0.4, -0.2) is 25.9 Å². The molecule has 2 aromatic carbocycles. The molecule has 0 amide bonds. The third kappa shape index (κ3) is 5.14. The fourth-order valence-electron chi connectivity index (χ4n) is 1.84. The third-order valence-corrected chi connectivity index (χ3v) is 3.27. The predicted molar refractivity (Wildman–Crippen MR) is 69.3 cm³/mol. The molecule has 0 aliphatic heterocycles. The predicted octanol–water partition coefficient (Wildman–Crippen LogP) is -2.17. The maximum Gasteiger partial charge on any atom is 1.00 e. The zero-order valence-corrected chi connectivity index (χ0v) is 16.2. The monoisotopic (exact) mass is 371 g/mol. The molecule has 8 nitrogen and oxygen atoms in total. The van der Waals surface area contributed by atoms with Gasteiger partial charge in [0.2, 0.25) is 0 Å². The van der Waals surface area contributed by atoms with Gasteiger partial charge in [-0.1, -0.05) is 24.3 Å². The molecule has 0 aliphatic rings. The Hall–Kier alpha value is -0.244. The van der Waals surface area contributed by atoms with Gasteiger partial charge in [-0.2, -0.15) is 0 Å². The summed E-state index contributed by atoms with van der Waals surface area (Å²) in [6.07, 6.45) is 0. The van der Waals surface area contributed by atoms with Crippen molar-refractivity contribution in [2.75, 3.05) is 0 Å². The van der Waals surface area contributed by atoms with Gasteiger partial charge in [0.1, 0.15) is 5.75 Å². The van der Waals surface area contributed by atoms with Crippen molar-refractivity contribution in [3.63, 3.8) is 0 Å². The van der Waals surface area contributed by atoms with Crippen molar-refractivity contribution >= 4 is 31.6 Å². The second-order valence-electron chi connectivity index (χ2n) is 4.05. The average Bonchev–Trinajstić information content (AvgIpc) is 2.31. The van der Waals surface area contributed by atoms with Gasteiger partial charge in [-0.3, -0.25) is 0 Å². The van der Waals surface area contributed by atoms with Crippen molar-refractivity contribution in [2.24, 2.45) is 0 Å². The van der Waals surface area contributed by atoms with Gasteiger partial charge in [0, 0.05) is 10.8 Å². The van der Waals surface area contributed by atoms with Crippen molar-refractivity contribution in [1.29, 1.82) is 0 Å². The van der Waals surface area contributed by atoms with E-state index >= 15 is 0 Å². The molecule has 2 rings (SSSR count). The molecule has 2 aromatic rings. The number of benzene rings is 2. The van der Waals surface area contributed by atoms with Gasteiger partial charge in [0.25, 0.3) is 20.8 Å². The summed E-state index contributed by atoms with van der Waals surface area (Å²) >= 11 is 0. The van der Waals surface area contributed by atoms with Gasteiger partial charge in [-0.25, -0.2) is 16.8 Å². The van der Waals surface area contributed by atoms with Gasteiger partial charge >= 0.3 is 51.4 Å². The van der Waals surface area contributed by atoms with E-state index < -0.39 is 20.8 Å². The molecule has 0 aromatic heterocycles. The van der Waals surface area contributed by atoms with Crippen LogP contribution in [0.15, 0.2) is 30.3 Å². The molecule has 0 heterocycles. The Morgan fingerprint density at radius 2 is 1.41 bits per heavy atom. The SMILES string of the molecule is Cc1cc(OS(=O)(=O)[O-])c2ccccc2c1OS(=O)(=O)[O-].[K+]. The second kappa shape index (κ2) is 7.11. The Morgan fingerprint density at radius 1 is 0.909 bits per heavy atom. The van der Waals surface area contributed by atoms with Crippen LogP contribution in [0.25, 0.3) is 10.8 Å². The largest absolute Gasteiger partial charge is 1.00 e. The minimum atomic E-state index is -5.01. The van der Waals surface area contributed by atoms with E-state index in [4.69, 9.17) is 0 Å². The zero-order valence-electron chi connectivity index (χ0n) is 11.5. The van der Waals surface area contributed by atoms with Crippen LogP contribution in [-0.2, 0) is 20.8 Å². The van der Waals surface area contributed by atoms with E-state index in [0.29, 0.717) is 0 Å². The molecule has 0 aliphatic carbocycles.